The van der Waals surface area contributed by atoms with Crippen molar-refractivity contribution >= 4 is 22.5 Å². The SMILES string of the molecule is Cc1ccc2[nH]cc(CCNC3=CC(=O)c4cccnc4C3=O)c2c1. The van der Waals surface area contributed by atoms with Gasteiger partial charge in [0.1, 0.15) is 5.69 Å². The molecule has 0 saturated heterocycles. The van der Waals surface area contributed by atoms with Gasteiger partial charge in [0.2, 0.25) is 5.78 Å². The summed E-state index contributed by atoms with van der Waals surface area (Å²) in [6, 6.07) is 9.58. The summed E-state index contributed by atoms with van der Waals surface area (Å²) < 4.78 is 0. The molecule has 25 heavy (non-hydrogen) atoms. The van der Waals surface area contributed by atoms with Crippen LogP contribution in [0.4, 0.5) is 0 Å². The van der Waals surface area contributed by atoms with E-state index < -0.39 is 0 Å². The summed E-state index contributed by atoms with van der Waals surface area (Å²) in [4.78, 5) is 31.9. The van der Waals surface area contributed by atoms with Crippen LogP contribution in [0.25, 0.3) is 10.9 Å². The maximum Gasteiger partial charge on any atom is 0.228 e. The second-order valence-corrected chi connectivity index (χ2v) is 6.19. The van der Waals surface area contributed by atoms with Gasteiger partial charge in [-0.2, -0.15) is 0 Å². The number of allylic oxidation sites excluding steroid dienone is 2. The molecule has 0 amide bonds. The van der Waals surface area contributed by atoms with Crippen molar-refractivity contribution in [3.05, 3.63) is 76.9 Å². The van der Waals surface area contributed by atoms with E-state index in [1.807, 2.05) is 6.20 Å². The molecule has 0 spiro atoms. The summed E-state index contributed by atoms with van der Waals surface area (Å²) >= 11 is 0. The molecular weight excluding hydrogens is 314 g/mol. The summed E-state index contributed by atoms with van der Waals surface area (Å²) in [6.07, 6.45) is 5.63. The number of aryl methyl sites for hydroxylation is 1. The van der Waals surface area contributed by atoms with E-state index in [4.69, 9.17) is 0 Å². The third-order valence-electron chi connectivity index (χ3n) is 4.44. The van der Waals surface area contributed by atoms with Gasteiger partial charge in [-0.1, -0.05) is 11.6 Å². The van der Waals surface area contributed by atoms with Gasteiger partial charge in [-0.05, 0) is 43.2 Å². The number of aromatic nitrogens is 2. The van der Waals surface area contributed by atoms with Crippen LogP contribution in [0, 0.1) is 6.92 Å². The molecule has 0 unspecified atom stereocenters. The van der Waals surface area contributed by atoms with Crippen molar-refractivity contribution in [2.24, 2.45) is 0 Å². The summed E-state index contributed by atoms with van der Waals surface area (Å²) in [6.45, 7) is 2.63. The van der Waals surface area contributed by atoms with Crippen LogP contribution in [0.2, 0.25) is 0 Å². The monoisotopic (exact) mass is 331 g/mol. The molecule has 5 heteroatoms. The van der Waals surface area contributed by atoms with E-state index in [0.29, 0.717) is 17.8 Å². The maximum absolute atomic E-state index is 12.5. The Bertz CT molecular complexity index is 1030. The smallest absolute Gasteiger partial charge is 0.228 e. The van der Waals surface area contributed by atoms with Gasteiger partial charge in [-0.25, -0.2) is 0 Å². The first-order valence-electron chi connectivity index (χ1n) is 8.20. The number of pyridine rings is 1. The number of nitrogens with zero attached hydrogens (tertiary/aromatic N) is 1. The Morgan fingerprint density at radius 3 is 2.96 bits per heavy atom. The zero-order valence-corrected chi connectivity index (χ0v) is 13.8. The highest BCUT2D eigenvalue weighted by atomic mass is 16.1. The number of ketones is 2. The minimum Gasteiger partial charge on any atom is -0.381 e. The van der Waals surface area contributed by atoms with Crippen molar-refractivity contribution in [2.75, 3.05) is 6.54 Å². The van der Waals surface area contributed by atoms with Crippen molar-refractivity contribution in [1.82, 2.24) is 15.3 Å². The predicted octanol–water partition coefficient (Wildman–Crippen LogP) is 2.97. The molecule has 0 radical (unpaired) electrons. The van der Waals surface area contributed by atoms with Gasteiger partial charge in [0.15, 0.2) is 5.78 Å². The lowest BCUT2D eigenvalue weighted by molar-refractivity contribution is 0.0974. The highest BCUT2D eigenvalue weighted by Gasteiger charge is 2.26. The van der Waals surface area contributed by atoms with E-state index in [9.17, 15) is 9.59 Å². The average molecular weight is 331 g/mol. The van der Waals surface area contributed by atoms with Crippen molar-refractivity contribution in [2.45, 2.75) is 13.3 Å². The zero-order chi connectivity index (χ0) is 17.4. The fourth-order valence-corrected chi connectivity index (χ4v) is 3.15. The summed E-state index contributed by atoms with van der Waals surface area (Å²) in [5.41, 5.74) is 4.39. The van der Waals surface area contributed by atoms with Gasteiger partial charge >= 0.3 is 0 Å². The van der Waals surface area contributed by atoms with E-state index in [1.165, 1.54) is 28.8 Å². The lowest BCUT2D eigenvalue weighted by Gasteiger charge is -2.15. The highest BCUT2D eigenvalue weighted by molar-refractivity contribution is 6.23. The van der Waals surface area contributed by atoms with E-state index in [2.05, 4.69) is 40.4 Å². The Morgan fingerprint density at radius 2 is 2.08 bits per heavy atom. The Balaban J connectivity index is 1.49. The number of rotatable bonds is 4. The number of hydrogen-bond donors (Lipinski definition) is 2. The first kappa shape index (κ1) is 15.3. The number of aromatic amines is 1. The molecule has 0 bridgehead atoms. The summed E-state index contributed by atoms with van der Waals surface area (Å²) in [7, 11) is 0. The summed E-state index contributed by atoms with van der Waals surface area (Å²) in [5, 5.41) is 4.29. The molecule has 1 aromatic carbocycles. The normalized spacial score (nSPS) is 13.7. The van der Waals surface area contributed by atoms with Crippen LogP contribution in [0.15, 0.2) is 54.5 Å². The largest absolute Gasteiger partial charge is 0.381 e. The minimum atomic E-state index is -0.232. The fraction of sp³-hybridized carbons (Fsp3) is 0.150. The number of H-pyrrole nitrogens is 1. The predicted molar refractivity (Wildman–Crippen MR) is 95.7 cm³/mol. The topological polar surface area (TPSA) is 74.8 Å². The van der Waals surface area contributed by atoms with Gasteiger partial charge in [0, 0.05) is 35.9 Å². The first-order valence-corrected chi connectivity index (χ1v) is 8.20. The zero-order valence-electron chi connectivity index (χ0n) is 13.8. The quantitative estimate of drug-likeness (QED) is 0.771. The first-order chi connectivity index (χ1) is 12.1. The fourth-order valence-electron chi connectivity index (χ4n) is 3.15. The third kappa shape index (κ3) is 2.74. The van der Waals surface area contributed by atoms with Crippen molar-refractivity contribution in [3.8, 4) is 0 Å². The van der Waals surface area contributed by atoms with E-state index >= 15 is 0 Å². The Kier molecular flexibility index (Phi) is 3.69. The minimum absolute atomic E-state index is 0.187. The average Bonchev–Trinajstić information content (AvgIpc) is 3.01. The number of hydrogen-bond acceptors (Lipinski definition) is 4. The number of nitrogens with one attached hydrogen (secondary N) is 2. The lowest BCUT2D eigenvalue weighted by Crippen LogP contribution is -2.29. The van der Waals surface area contributed by atoms with Gasteiger partial charge in [-0.3, -0.25) is 14.6 Å². The summed E-state index contributed by atoms with van der Waals surface area (Å²) in [5.74, 6) is -0.419. The van der Waals surface area contributed by atoms with Crippen molar-refractivity contribution in [3.63, 3.8) is 0 Å². The van der Waals surface area contributed by atoms with Gasteiger partial charge < -0.3 is 10.3 Å². The van der Waals surface area contributed by atoms with Crippen LogP contribution in [-0.4, -0.2) is 28.1 Å². The number of carbonyl (C=O) groups excluding carboxylic acids is 2. The van der Waals surface area contributed by atoms with Crippen LogP contribution in [0.3, 0.4) is 0 Å². The molecule has 1 aliphatic rings. The van der Waals surface area contributed by atoms with Crippen LogP contribution in [-0.2, 0) is 6.42 Å². The number of carbonyl (C=O) groups is 2. The molecule has 0 saturated carbocycles. The van der Waals surface area contributed by atoms with E-state index in [1.54, 1.807) is 12.1 Å². The molecule has 2 heterocycles. The molecule has 5 nitrogen and oxygen atoms in total. The van der Waals surface area contributed by atoms with Gasteiger partial charge in [0.05, 0.1) is 11.3 Å². The number of fused-ring (bicyclic) bond motifs is 2. The van der Waals surface area contributed by atoms with Crippen LogP contribution < -0.4 is 5.32 Å². The van der Waals surface area contributed by atoms with E-state index in [0.717, 1.165) is 11.9 Å². The Morgan fingerprint density at radius 1 is 1.20 bits per heavy atom. The maximum atomic E-state index is 12.5. The second-order valence-electron chi connectivity index (χ2n) is 6.19. The van der Waals surface area contributed by atoms with E-state index in [-0.39, 0.29) is 17.3 Å². The van der Waals surface area contributed by atoms with Gasteiger partial charge in [0.25, 0.3) is 0 Å². The molecule has 2 aromatic heterocycles. The molecule has 0 fully saturated rings. The van der Waals surface area contributed by atoms with Crippen LogP contribution in [0.1, 0.15) is 32.0 Å². The Labute approximate surface area is 144 Å². The molecule has 1 aliphatic carbocycles. The van der Waals surface area contributed by atoms with Crippen molar-refractivity contribution < 1.29 is 9.59 Å². The molecule has 0 aliphatic heterocycles. The number of Topliss-reactive ketones (excluding diaryl/α,β-unsaturated/α-hetero) is 1. The molecule has 2 N–H and O–H groups in total. The third-order valence-corrected chi connectivity index (χ3v) is 4.44. The molecular formula is C20H17N3O2. The van der Waals surface area contributed by atoms with Crippen molar-refractivity contribution in [1.29, 1.82) is 0 Å². The lowest BCUT2D eigenvalue weighted by atomic mass is 9.97. The molecule has 124 valence electrons. The van der Waals surface area contributed by atoms with Crippen LogP contribution in [0.5, 0.6) is 0 Å². The number of benzene rings is 1. The highest BCUT2D eigenvalue weighted by Crippen LogP contribution is 2.21. The van der Waals surface area contributed by atoms with Crippen LogP contribution >= 0.6 is 0 Å². The molecule has 4 rings (SSSR count). The second kappa shape index (κ2) is 6.02. The Hall–Kier alpha value is -3.21. The standard InChI is InChI=1S/C20H17N3O2/c1-12-4-5-16-15(9-12)13(11-23-16)6-8-21-17-10-18(24)14-3-2-7-22-19(14)20(17)25/h2-5,7,9-11,21,23H,6,8H2,1H3. The van der Waals surface area contributed by atoms with Gasteiger partial charge in [-0.15, -0.1) is 0 Å². The molecule has 3 aromatic rings. The molecule has 0 atom stereocenters.